The number of esters is 2. The largest absolute Gasteiger partial charge is 0.544 e. The number of nitrogens with zero attached hydrogens (tertiary/aromatic N) is 1. The highest BCUT2D eigenvalue weighted by atomic mass is 16.6. The molecule has 0 rings (SSSR count). The minimum absolute atomic E-state index is 0.0301. The number of quaternary nitrogens is 1. The minimum Gasteiger partial charge on any atom is -0.544 e. The van der Waals surface area contributed by atoms with E-state index in [0.717, 1.165) is 77.0 Å². The molecule has 0 aromatic rings. The summed E-state index contributed by atoms with van der Waals surface area (Å²) in [6.07, 6.45) is 55.4. The Kier molecular flexibility index (Phi) is 42.5. The van der Waals surface area contributed by atoms with Crippen molar-refractivity contribution in [3.05, 3.63) is 60.8 Å². The number of allylic oxidation sites excluding steroid dienone is 10. The van der Waals surface area contributed by atoms with E-state index in [1.165, 1.54) is 103 Å². The van der Waals surface area contributed by atoms with Crippen LogP contribution in [0.2, 0.25) is 0 Å². The molecule has 0 bridgehead atoms. The van der Waals surface area contributed by atoms with Gasteiger partial charge in [0.25, 0.3) is 0 Å². The van der Waals surface area contributed by atoms with Crippen LogP contribution in [0.1, 0.15) is 213 Å². The first-order valence-corrected chi connectivity index (χ1v) is 25.3. The number of aliphatic carboxylic acids is 1. The van der Waals surface area contributed by atoms with E-state index >= 15 is 0 Å². The molecule has 0 spiro atoms. The quantitative estimate of drug-likeness (QED) is 0.0260. The van der Waals surface area contributed by atoms with Crippen molar-refractivity contribution in [3.8, 4) is 0 Å². The maximum Gasteiger partial charge on any atom is 0.306 e. The molecular weight excluding hydrogens is 775 g/mol. The molecule has 0 aromatic heterocycles. The third kappa shape index (κ3) is 42.3. The lowest BCUT2D eigenvalue weighted by Crippen LogP contribution is -2.55. The lowest BCUT2D eigenvalue weighted by Gasteiger charge is -2.34. The van der Waals surface area contributed by atoms with Crippen molar-refractivity contribution in [2.75, 3.05) is 41.0 Å². The zero-order valence-electron chi connectivity index (χ0n) is 40.8. The second-order valence-electron chi connectivity index (χ2n) is 18.0. The van der Waals surface area contributed by atoms with Crippen molar-refractivity contribution in [2.45, 2.75) is 225 Å². The molecule has 0 aliphatic heterocycles. The van der Waals surface area contributed by atoms with Gasteiger partial charge in [-0.2, -0.15) is 0 Å². The molecule has 0 saturated heterocycles. The van der Waals surface area contributed by atoms with Gasteiger partial charge in [0.15, 0.2) is 6.10 Å². The van der Waals surface area contributed by atoms with E-state index < -0.39 is 18.1 Å². The normalized spacial score (nSPS) is 13.4. The van der Waals surface area contributed by atoms with Crippen molar-refractivity contribution >= 4 is 17.9 Å². The molecule has 358 valence electrons. The van der Waals surface area contributed by atoms with Gasteiger partial charge in [0.1, 0.15) is 12.6 Å². The number of hydrogen-bond acceptors (Lipinski definition) is 7. The Hall–Kier alpha value is -2.97. The average Bonchev–Trinajstić information content (AvgIpc) is 3.23. The van der Waals surface area contributed by atoms with Gasteiger partial charge in [-0.05, 0) is 57.8 Å². The molecule has 8 heteroatoms. The first-order valence-electron chi connectivity index (χ1n) is 25.3. The van der Waals surface area contributed by atoms with Gasteiger partial charge in [-0.3, -0.25) is 9.59 Å². The second kappa shape index (κ2) is 44.6. The number of hydrogen-bond donors (Lipinski definition) is 0. The number of carboxylic acids is 1. The van der Waals surface area contributed by atoms with Crippen LogP contribution in [-0.2, 0) is 28.6 Å². The fraction of sp³-hybridized carbons (Fsp3) is 0.759. The van der Waals surface area contributed by atoms with E-state index in [0.29, 0.717) is 12.8 Å². The average molecular weight is 870 g/mol. The predicted molar refractivity (Wildman–Crippen MR) is 259 cm³/mol. The summed E-state index contributed by atoms with van der Waals surface area (Å²) in [6.45, 7) is 4.54. The summed E-state index contributed by atoms with van der Waals surface area (Å²) in [7, 11) is 5.40. The van der Waals surface area contributed by atoms with Gasteiger partial charge in [-0.25, -0.2) is 0 Å². The second-order valence-corrected chi connectivity index (χ2v) is 18.0. The summed E-state index contributed by atoms with van der Waals surface area (Å²) in [4.78, 5) is 37.0. The van der Waals surface area contributed by atoms with Gasteiger partial charge in [-0.1, -0.05) is 197 Å². The first kappa shape index (κ1) is 59.0. The van der Waals surface area contributed by atoms with Crippen LogP contribution < -0.4 is 5.11 Å². The Bertz CT molecular complexity index is 1200. The third-order valence-corrected chi connectivity index (χ3v) is 11.2. The van der Waals surface area contributed by atoms with Gasteiger partial charge >= 0.3 is 11.9 Å². The summed E-state index contributed by atoms with van der Waals surface area (Å²) in [5.41, 5.74) is 0. The van der Waals surface area contributed by atoms with E-state index in [1.807, 2.05) is 0 Å². The molecule has 0 fully saturated rings. The van der Waals surface area contributed by atoms with Crippen LogP contribution in [0.25, 0.3) is 0 Å². The maximum absolute atomic E-state index is 12.8. The Labute approximate surface area is 381 Å². The summed E-state index contributed by atoms with van der Waals surface area (Å²) in [5, 5.41) is 11.7. The molecule has 0 amide bonds. The number of rotatable bonds is 45. The van der Waals surface area contributed by atoms with Crippen LogP contribution in [0.4, 0.5) is 0 Å². The maximum atomic E-state index is 12.8. The van der Waals surface area contributed by atoms with Crippen LogP contribution in [-0.4, -0.2) is 75.5 Å². The summed E-state index contributed by atoms with van der Waals surface area (Å²) < 4.78 is 17.2. The Morgan fingerprint density at radius 2 is 0.903 bits per heavy atom. The van der Waals surface area contributed by atoms with Crippen molar-refractivity contribution in [2.24, 2.45) is 0 Å². The lowest BCUT2D eigenvalue weighted by molar-refractivity contribution is -0.889. The van der Waals surface area contributed by atoms with Gasteiger partial charge in [-0.15, -0.1) is 0 Å². The molecular formula is C54H95NO7. The number of carbonyl (C=O) groups excluding carboxylic acids is 3. The first-order chi connectivity index (χ1) is 30.1. The molecule has 0 radical (unpaired) electrons. The molecule has 8 nitrogen and oxygen atoms in total. The number of unbranched alkanes of at least 4 members (excludes halogenated alkanes) is 21. The van der Waals surface area contributed by atoms with Crippen molar-refractivity contribution < 1.29 is 38.2 Å². The Morgan fingerprint density at radius 1 is 0.500 bits per heavy atom. The highest BCUT2D eigenvalue weighted by Crippen LogP contribution is 2.16. The fourth-order valence-corrected chi connectivity index (χ4v) is 7.27. The molecule has 0 aliphatic carbocycles. The minimum atomic E-state index is -1.13. The number of ether oxygens (including phenoxy) is 3. The van der Waals surface area contributed by atoms with Crippen molar-refractivity contribution in [1.29, 1.82) is 0 Å². The van der Waals surface area contributed by atoms with E-state index in [4.69, 9.17) is 14.2 Å². The summed E-state index contributed by atoms with van der Waals surface area (Å²) in [6, 6.07) is -0.732. The lowest BCUT2D eigenvalue weighted by atomic mass is 10.0. The zero-order valence-corrected chi connectivity index (χ0v) is 40.8. The van der Waals surface area contributed by atoms with Crippen LogP contribution in [0.5, 0.6) is 0 Å². The summed E-state index contributed by atoms with van der Waals surface area (Å²) >= 11 is 0. The van der Waals surface area contributed by atoms with Crippen LogP contribution in [0.3, 0.4) is 0 Å². The van der Waals surface area contributed by atoms with Gasteiger partial charge in [0, 0.05) is 19.3 Å². The highest BCUT2D eigenvalue weighted by Gasteiger charge is 2.25. The van der Waals surface area contributed by atoms with Crippen molar-refractivity contribution in [1.82, 2.24) is 0 Å². The zero-order chi connectivity index (χ0) is 45.6. The van der Waals surface area contributed by atoms with Crippen molar-refractivity contribution in [3.63, 3.8) is 0 Å². The SMILES string of the molecule is CC/C=C/C/C=C/C/C=C/C/C=C/C/C=C/CCCCCC(=O)OCC(COCCC(C(=O)[O-])[N+](C)(C)C)OC(=O)CCCCCCCCCCCCCCCCCCCCC. The van der Waals surface area contributed by atoms with Crippen LogP contribution in [0, 0.1) is 0 Å². The summed E-state index contributed by atoms with van der Waals surface area (Å²) in [5.74, 6) is -1.77. The van der Waals surface area contributed by atoms with Gasteiger partial charge < -0.3 is 28.6 Å². The van der Waals surface area contributed by atoms with E-state index in [2.05, 4.69) is 74.6 Å². The molecule has 0 aromatic carbocycles. The van der Waals surface area contributed by atoms with Crippen LogP contribution >= 0.6 is 0 Å². The Balaban J connectivity index is 4.31. The topological polar surface area (TPSA) is 102 Å². The molecule has 0 saturated carbocycles. The molecule has 62 heavy (non-hydrogen) atoms. The molecule has 0 N–H and O–H groups in total. The van der Waals surface area contributed by atoms with E-state index in [-0.39, 0.29) is 42.7 Å². The van der Waals surface area contributed by atoms with E-state index in [1.54, 1.807) is 21.1 Å². The van der Waals surface area contributed by atoms with Gasteiger partial charge in [0.2, 0.25) is 0 Å². The van der Waals surface area contributed by atoms with Crippen LogP contribution in [0.15, 0.2) is 60.8 Å². The van der Waals surface area contributed by atoms with Gasteiger partial charge in [0.05, 0.1) is 40.3 Å². The molecule has 0 heterocycles. The monoisotopic (exact) mass is 870 g/mol. The third-order valence-electron chi connectivity index (χ3n) is 11.2. The predicted octanol–water partition coefficient (Wildman–Crippen LogP) is 13.2. The number of carboxylic acid groups (broad SMARTS) is 1. The Morgan fingerprint density at radius 3 is 1.34 bits per heavy atom. The standard InChI is InChI=1S/C54H95NO7/c1-6-8-10-12-14-16-18-20-22-24-26-28-30-32-34-36-38-40-42-44-52(56)61-49-50(48-60-47-46-51(54(58)59)55(3,4)5)62-53(57)45-43-41-39-37-35-33-31-29-27-25-23-21-19-17-15-13-11-9-7-2/h8,10,14,16,20,22,26,28,32,34,50-51H,6-7,9,11-13,15,17-19,21,23-25,27,29-31,33,35-49H2,1-5H3/b10-8+,16-14+,22-20+,28-26+,34-32+. The highest BCUT2D eigenvalue weighted by molar-refractivity contribution is 5.70. The smallest absolute Gasteiger partial charge is 0.306 e. The van der Waals surface area contributed by atoms with E-state index in [9.17, 15) is 19.5 Å². The molecule has 0 aliphatic rings. The molecule has 2 atom stereocenters. The number of carbonyl (C=O) groups is 3. The fourth-order valence-electron chi connectivity index (χ4n) is 7.27. The molecule has 2 unspecified atom stereocenters. The number of likely N-dealkylation sites (N-methyl/N-ethyl adjacent to an activating group) is 1.